The number of carbonyl (C=O) groups is 1. The number of esters is 1. The minimum atomic E-state index is -0.568. The summed E-state index contributed by atoms with van der Waals surface area (Å²) in [5, 5.41) is 0. The van der Waals surface area contributed by atoms with Gasteiger partial charge in [0.05, 0.1) is 6.61 Å². The van der Waals surface area contributed by atoms with E-state index in [2.05, 4.69) is 13.8 Å². The lowest BCUT2D eigenvalue weighted by Gasteiger charge is -2.15. The molecule has 0 unspecified atom stereocenters. The third-order valence-electron chi connectivity index (χ3n) is 3.22. The predicted octanol–water partition coefficient (Wildman–Crippen LogP) is 2.54. The van der Waals surface area contributed by atoms with Gasteiger partial charge >= 0.3 is 5.97 Å². The lowest BCUT2D eigenvalue weighted by Crippen LogP contribution is -2.35. The molecule has 1 atom stereocenters. The summed E-state index contributed by atoms with van der Waals surface area (Å²) in [5.41, 5.74) is 6.90. The lowest BCUT2D eigenvalue weighted by molar-refractivity contribution is -0.146. The Bertz CT molecular complexity index is 347. The summed E-state index contributed by atoms with van der Waals surface area (Å²) in [4.78, 5) is 11.7. The molecular formula is C15H23NO2. The van der Waals surface area contributed by atoms with Gasteiger partial charge in [-0.15, -0.1) is 0 Å². The zero-order chi connectivity index (χ0) is 13.4. The lowest BCUT2D eigenvalue weighted by atomic mass is 10.0. The van der Waals surface area contributed by atoms with Gasteiger partial charge in [-0.2, -0.15) is 0 Å². The van der Waals surface area contributed by atoms with Crippen LogP contribution in [-0.4, -0.2) is 18.6 Å². The fourth-order valence-corrected chi connectivity index (χ4v) is 1.78. The van der Waals surface area contributed by atoms with Crippen LogP contribution in [0.3, 0.4) is 0 Å². The molecule has 1 rings (SSSR count). The van der Waals surface area contributed by atoms with Crippen LogP contribution in [0.2, 0.25) is 0 Å². The van der Waals surface area contributed by atoms with Crippen molar-refractivity contribution in [2.24, 2.45) is 11.7 Å². The van der Waals surface area contributed by atoms with Crippen LogP contribution in [0, 0.1) is 5.92 Å². The van der Waals surface area contributed by atoms with Crippen molar-refractivity contribution in [1.29, 1.82) is 0 Å². The van der Waals surface area contributed by atoms with Gasteiger partial charge in [0.25, 0.3) is 0 Å². The normalized spacial score (nSPS) is 12.4. The molecule has 0 aliphatic carbocycles. The highest BCUT2D eigenvalue weighted by molar-refractivity contribution is 5.75. The highest BCUT2D eigenvalue weighted by Gasteiger charge is 2.16. The van der Waals surface area contributed by atoms with Crippen LogP contribution in [0.1, 0.15) is 32.3 Å². The van der Waals surface area contributed by atoms with Crippen LogP contribution in [0.25, 0.3) is 0 Å². The van der Waals surface area contributed by atoms with E-state index in [-0.39, 0.29) is 5.97 Å². The average molecular weight is 249 g/mol. The topological polar surface area (TPSA) is 52.3 Å². The van der Waals surface area contributed by atoms with Gasteiger partial charge in [0.1, 0.15) is 6.04 Å². The van der Waals surface area contributed by atoms with Crippen molar-refractivity contribution in [3.63, 3.8) is 0 Å². The molecule has 0 saturated carbocycles. The van der Waals surface area contributed by atoms with Crippen molar-refractivity contribution in [3.05, 3.63) is 35.9 Å². The summed E-state index contributed by atoms with van der Waals surface area (Å²) in [6, 6.07) is 9.19. The van der Waals surface area contributed by atoms with E-state index in [1.165, 1.54) is 0 Å². The Hall–Kier alpha value is -1.35. The van der Waals surface area contributed by atoms with Gasteiger partial charge in [-0.05, 0) is 17.9 Å². The van der Waals surface area contributed by atoms with Gasteiger partial charge in [0.15, 0.2) is 0 Å². The monoisotopic (exact) mass is 249 g/mol. The molecule has 0 amide bonds. The fourth-order valence-electron chi connectivity index (χ4n) is 1.78. The second-order valence-electron chi connectivity index (χ2n) is 4.61. The number of hydrogen-bond donors (Lipinski definition) is 1. The quantitative estimate of drug-likeness (QED) is 0.755. The number of rotatable bonds is 7. The molecule has 0 aliphatic rings. The molecule has 0 bridgehead atoms. The van der Waals surface area contributed by atoms with Gasteiger partial charge in [0, 0.05) is 0 Å². The summed E-state index contributed by atoms with van der Waals surface area (Å²) in [5.74, 6) is 0.142. The first-order valence-corrected chi connectivity index (χ1v) is 6.63. The third-order valence-corrected chi connectivity index (χ3v) is 3.22. The number of benzene rings is 1. The van der Waals surface area contributed by atoms with Crippen LogP contribution >= 0.6 is 0 Å². The highest BCUT2D eigenvalue weighted by atomic mass is 16.5. The minimum Gasteiger partial charge on any atom is -0.464 e. The van der Waals surface area contributed by atoms with Crippen molar-refractivity contribution in [1.82, 2.24) is 0 Å². The molecule has 1 aromatic rings. The van der Waals surface area contributed by atoms with Crippen LogP contribution in [0.4, 0.5) is 0 Å². The van der Waals surface area contributed by atoms with E-state index in [1.54, 1.807) is 0 Å². The van der Waals surface area contributed by atoms with Crippen LogP contribution in [0.5, 0.6) is 0 Å². The summed E-state index contributed by atoms with van der Waals surface area (Å²) < 4.78 is 5.26. The summed E-state index contributed by atoms with van der Waals surface area (Å²) in [6.07, 6.45) is 2.58. The molecule has 0 fully saturated rings. The van der Waals surface area contributed by atoms with E-state index < -0.39 is 6.04 Å². The van der Waals surface area contributed by atoms with Crippen LogP contribution in [0.15, 0.2) is 30.3 Å². The van der Waals surface area contributed by atoms with Crippen molar-refractivity contribution in [2.45, 2.75) is 39.2 Å². The second kappa shape index (κ2) is 7.88. The maximum atomic E-state index is 11.7. The SMILES string of the molecule is CCC(CC)COC(=O)[C@H](N)Cc1ccccc1. The van der Waals surface area contributed by atoms with Gasteiger partial charge in [-0.3, -0.25) is 4.79 Å². The Labute approximate surface area is 109 Å². The molecule has 0 radical (unpaired) electrons. The number of ether oxygens (including phenoxy) is 1. The Morgan fingerprint density at radius 2 is 1.83 bits per heavy atom. The van der Waals surface area contributed by atoms with E-state index in [1.807, 2.05) is 30.3 Å². The molecule has 0 aliphatic heterocycles. The van der Waals surface area contributed by atoms with Crippen molar-refractivity contribution < 1.29 is 9.53 Å². The molecule has 3 heteroatoms. The third kappa shape index (κ3) is 4.88. The zero-order valence-corrected chi connectivity index (χ0v) is 11.3. The van der Waals surface area contributed by atoms with Crippen molar-refractivity contribution in [2.75, 3.05) is 6.61 Å². The molecule has 0 aromatic heterocycles. The molecule has 18 heavy (non-hydrogen) atoms. The summed E-state index contributed by atoms with van der Waals surface area (Å²) >= 11 is 0. The first-order valence-electron chi connectivity index (χ1n) is 6.63. The fraction of sp³-hybridized carbons (Fsp3) is 0.533. The zero-order valence-electron chi connectivity index (χ0n) is 11.3. The van der Waals surface area contributed by atoms with Gasteiger partial charge in [-0.25, -0.2) is 0 Å². The largest absolute Gasteiger partial charge is 0.464 e. The molecular weight excluding hydrogens is 226 g/mol. The first-order chi connectivity index (χ1) is 8.67. The minimum absolute atomic E-state index is 0.300. The second-order valence-corrected chi connectivity index (χ2v) is 4.61. The highest BCUT2D eigenvalue weighted by Crippen LogP contribution is 2.09. The Morgan fingerprint density at radius 1 is 1.22 bits per heavy atom. The van der Waals surface area contributed by atoms with E-state index >= 15 is 0 Å². The number of nitrogens with two attached hydrogens (primary N) is 1. The maximum absolute atomic E-state index is 11.7. The first kappa shape index (κ1) is 14.7. The standard InChI is InChI=1S/C15H23NO2/c1-3-12(4-2)11-18-15(17)14(16)10-13-8-6-5-7-9-13/h5-9,12,14H,3-4,10-11,16H2,1-2H3/t14-/m1/s1. The van der Waals surface area contributed by atoms with E-state index in [9.17, 15) is 4.79 Å². The van der Waals surface area contributed by atoms with Crippen molar-refractivity contribution >= 4 is 5.97 Å². The summed E-state index contributed by atoms with van der Waals surface area (Å²) in [7, 11) is 0. The molecule has 0 heterocycles. The Balaban J connectivity index is 2.37. The van der Waals surface area contributed by atoms with Crippen molar-refractivity contribution in [3.8, 4) is 0 Å². The van der Waals surface area contributed by atoms with E-state index in [0.29, 0.717) is 18.9 Å². The Kier molecular flexibility index (Phi) is 6.44. The molecule has 0 saturated heterocycles. The number of carbonyl (C=O) groups excluding carboxylic acids is 1. The molecule has 2 N–H and O–H groups in total. The predicted molar refractivity (Wildman–Crippen MR) is 73.2 cm³/mol. The smallest absolute Gasteiger partial charge is 0.323 e. The van der Waals surface area contributed by atoms with Crippen LogP contribution < -0.4 is 5.73 Å². The van der Waals surface area contributed by atoms with Gasteiger partial charge in [-0.1, -0.05) is 57.0 Å². The molecule has 100 valence electrons. The summed E-state index contributed by atoms with van der Waals surface area (Å²) in [6.45, 7) is 4.69. The molecule has 0 spiro atoms. The molecule has 3 nitrogen and oxygen atoms in total. The van der Waals surface area contributed by atoms with E-state index in [4.69, 9.17) is 10.5 Å². The Morgan fingerprint density at radius 3 is 2.39 bits per heavy atom. The number of hydrogen-bond acceptors (Lipinski definition) is 3. The van der Waals surface area contributed by atoms with E-state index in [0.717, 1.165) is 18.4 Å². The average Bonchev–Trinajstić information content (AvgIpc) is 2.40. The molecule has 1 aromatic carbocycles. The maximum Gasteiger partial charge on any atom is 0.323 e. The van der Waals surface area contributed by atoms with Gasteiger partial charge in [0.2, 0.25) is 0 Å². The van der Waals surface area contributed by atoms with Crippen LogP contribution in [-0.2, 0) is 16.0 Å². The van der Waals surface area contributed by atoms with Gasteiger partial charge < -0.3 is 10.5 Å².